The van der Waals surface area contributed by atoms with Gasteiger partial charge in [-0.15, -0.1) is 0 Å². The Hall–Kier alpha value is -1.61. The molecule has 0 radical (unpaired) electrons. The summed E-state index contributed by atoms with van der Waals surface area (Å²) < 4.78 is 4.47. The Morgan fingerprint density at radius 3 is 2.65 bits per heavy atom. The van der Waals surface area contributed by atoms with E-state index >= 15 is 0 Å². The lowest BCUT2D eigenvalue weighted by molar-refractivity contribution is -0.142. The lowest BCUT2D eigenvalue weighted by Gasteiger charge is -2.03. The molecule has 0 aliphatic carbocycles. The highest BCUT2D eigenvalue weighted by Gasteiger charge is 2.06. The Labute approximate surface area is 102 Å². The summed E-state index contributed by atoms with van der Waals surface area (Å²) in [6.45, 7) is 2.04. The van der Waals surface area contributed by atoms with Gasteiger partial charge in [0, 0.05) is 0 Å². The van der Waals surface area contributed by atoms with Gasteiger partial charge in [-0.25, -0.2) is 0 Å². The van der Waals surface area contributed by atoms with Crippen LogP contribution in [-0.2, 0) is 16.0 Å². The van der Waals surface area contributed by atoms with E-state index in [1.807, 2.05) is 37.3 Å². The number of aliphatic hydroxyl groups is 1. The molecule has 1 atom stereocenters. The minimum atomic E-state index is -0.770. The zero-order chi connectivity index (χ0) is 12.7. The molecule has 1 aromatic carbocycles. The summed E-state index contributed by atoms with van der Waals surface area (Å²) >= 11 is 0. The van der Waals surface area contributed by atoms with E-state index in [0.29, 0.717) is 0 Å². The monoisotopic (exact) mass is 234 g/mol. The number of aryl methyl sites for hydroxylation is 1. The second kappa shape index (κ2) is 6.86. The summed E-state index contributed by atoms with van der Waals surface area (Å²) in [5, 5.41) is 9.49. The van der Waals surface area contributed by atoms with Crippen molar-refractivity contribution in [2.45, 2.75) is 25.9 Å². The molecule has 3 nitrogen and oxygen atoms in total. The quantitative estimate of drug-likeness (QED) is 0.626. The molecular weight excluding hydrogens is 216 g/mol. The van der Waals surface area contributed by atoms with E-state index < -0.39 is 12.1 Å². The average Bonchev–Trinajstić information content (AvgIpc) is 2.31. The molecule has 0 aliphatic rings. The third-order valence-electron chi connectivity index (χ3n) is 2.44. The van der Waals surface area contributed by atoms with Crippen molar-refractivity contribution in [3.63, 3.8) is 0 Å². The van der Waals surface area contributed by atoms with Crippen LogP contribution in [0, 0.1) is 6.92 Å². The van der Waals surface area contributed by atoms with Gasteiger partial charge in [0.05, 0.1) is 19.6 Å². The molecule has 0 unspecified atom stereocenters. The number of esters is 1. The molecular formula is C14H18O3. The largest absolute Gasteiger partial charge is 0.469 e. The van der Waals surface area contributed by atoms with E-state index in [2.05, 4.69) is 4.74 Å². The Morgan fingerprint density at radius 2 is 2.06 bits per heavy atom. The average molecular weight is 234 g/mol. The summed E-state index contributed by atoms with van der Waals surface area (Å²) in [6.07, 6.45) is 3.46. The Kier molecular flexibility index (Phi) is 5.43. The minimum absolute atomic E-state index is 0.000891. The molecule has 0 spiro atoms. The maximum atomic E-state index is 10.9. The lowest BCUT2D eigenvalue weighted by atomic mass is 10.1. The predicted octanol–water partition coefficient (Wildman–Crippen LogP) is 2.02. The lowest BCUT2D eigenvalue weighted by Crippen LogP contribution is -2.11. The molecule has 0 aromatic heterocycles. The molecule has 17 heavy (non-hydrogen) atoms. The third-order valence-corrected chi connectivity index (χ3v) is 2.44. The van der Waals surface area contributed by atoms with Crippen LogP contribution in [0.25, 0.3) is 0 Å². The number of allylic oxidation sites excluding steroid dienone is 1. The van der Waals surface area contributed by atoms with E-state index in [1.54, 1.807) is 6.08 Å². The third kappa shape index (κ3) is 5.31. The topological polar surface area (TPSA) is 46.5 Å². The second-order valence-corrected chi connectivity index (χ2v) is 3.97. The van der Waals surface area contributed by atoms with E-state index in [4.69, 9.17) is 0 Å². The number of hydrogen-bond acceptors (Lipinski definition) is 3. The second-order valence-electron chi connectivity index (χ2n) is 3.97. The number of ether oxygens (including phenoxy) is 1. The first-order valence-electron chi connectivity index (χ1n) is 5.59. The van der Waals surface area contributed by atoms with Gasteiger partial charge in [0.25, 0.3) is 0 Å². The van der Waals surface area contributed by atoms with Gasteiger partial charge in [0.1, 0.15) is 0 Å². The number of hydrogen-bond donors (Lipinski definition) is 1. The molecule has 0 fully saturated rings. The van der Waals surface area contributed by atoms with Crippen molar-refractivity contribution in [3.8, 4) is 0 Å². The summed E-state index contributed by atoms with van der Waals surface area (Å²) in [6, 6.07) is 8.20. The van der Waals surface area contributed by atoms with Crippen molar-refractivity contribution in [1.29, 1.82) is 0 Å². The van der Waals surface area contributed by atoms with Crippen molar-refractivity contribution in [2.75, 3.05) is 7.11 Å². The van der Waals surface area contributed by atoms with Crippen LogP contribution in [0.5, 0.6) is 0 Å². The zero-order valence-corrected chi connectivity index (χ0v) is 10.2. The van der Waals surface area contributed by atoms with Gasteiger partial charge in [-0.05, 0) is 18.9 Å². The fraction of sp³-hybridized carbons (Fsp3) is 0.357. The number of rotatable bonds is 5. The van der Waals surface area contributed by atoms with Gasteiger partial charge < -0.3 is 9.84 Å². The first kappa shape index (κ1) is 13.5. The van der Waals surface area contributed by atoms with Crippen LogP contribution in [0.4, 0.5) is 0 Å². The van der Waals surface area contributed by atoms with E-state index in [1.165, 1.54) is 18.2 Å². The Bertz CT molecular complexity index is 379. The van der Waals surface area contributed by atoms with Crippen molar-refractivity contribution in [1.82, 2.24) is 0 Å². The van der Waals surface area contributed by atoms with Crippen LogP contribution >= 0.6 is 0 Å². The molecule has 1 rings (SSSR count). The van der Waals surface area contributed by atoms with Crippen LogP contribution in [0.1, 0.15) is 17.5 Å². The van der Waals surface area contributed by atoms with Gasteiger partial charge in [0.2, 0.25) is 0 Å². The molecule has 92 valence electrons. The molecule has 1 aromatic rings. The van der Waals surface area contributed by atoms with Gasteiger partial charge in [0.15, 0.2) is 0 Å². The van der Waals surface area contributed by atoms with E-state index in [9.17, 15) is 9.90 Å². The van der Waals surface area contributed by atoms with Crippen molar-refractivity contribution >= 4 is 5.97 Å². The number of carbonyl (C=O) groups excluding carboxylic acids is 1. The van der Waals surface area contributed by atoms with Gasteiger partial charge in [-0.2, -0.15) is 0 Å². The first-order valence-corrected chi connectivity index (χ1v) is 5.59. The highest BCUT2D eigenvalue weighted by molar-refractivity contribution is 5.70. The zero-order valence-electron chi connectivity index (χ0n) is 10.2. The Balaban J connectivity index is 2.39. The summed E-state index contributed by atoms with van der Waals surface area (Å²) in [5.74, 6) is -0.405. The van der Waals surface area contributed by atoms with Crippen LogP contribution in [0.2, 0.25) is 0 Å². The highest BCUT2D eigenvalue weighted by atomic mass is 16.5. The van der Waals surface area contributed by atoms with Gasteiger partial charge in [-0.3, -0.25) is 4.79 Å². The van der Waals surface area contributed by atoms with Crippen molar-refractivity contribution < 1.29 is 14.6 Å². The van der Waals surface area contributed by atoms with Gasteiger partial charge >= 0.3 is 5.97 Å². The molecule has 0 bridgehead atoms. The fourth-order valence-electron chi connectivity index (χ4n) is 1.41. The predicted molar refractivity (Wildman–Crippen MR) is 66.7 cm³/mol. The maximum absolute atomic E-state index is 10.9. The maximum Gasteiger partial charge on any atom is 0.308 e. The van der Waals surface area contributed by atoms with Crippen molar-refractivity contribution in [3.05, 3.63) is 47.5 Å². The molecule has 1 N–H and O–H groups in total. The van der Waals surface area contributed by atoms with Crippen LogP contribution < -0.4 is 0 Å². The standard InChI is InChI=1S/C14H18O3/c1-11-6-8-12(9-7-11)4-3-5-13(15)10-14(16)17-2/h3,5-9,13,15H,4,10H2,1-2H3/b5-3+/t13-/m0/s1. The van der Waals surface area contributed by atoms with E-state index in [0.717, 1.165) is 6.42 Å². The Morgan fingerprint density at radius 1 is 1.41 bits per heavy atom. The fourth-order valence-corrected chi connectivity index (χ4v) is 1.41. The molecule has 3 heteroatoms. The summed E-state index contributed by atoms with van der Waals surface area (Å²) in [4.78, 5) is 10.9. The number of carbonyl (C=O) groups is 1. The van der Waals surface area contributed by atoms with E-state index in [-0.39, 0.29) is 6.42 Å². The molecule has 0 amide bonds. The van der Waals surface area contributed by atoms with Gasteiger partial charge in [-0.1, -0.05) is 42.0 Å². The molecule has 0 saturated carbocycles. The van der Waals surface area contributed by atoms with Crippen LogP contribution in [0.15, 0.2) is 36.4 Å². The number of aliphatic hydroxyl groups excluding tert-OH is 1. The normalized spacial score (nSPS) is 12.6. The van der Waals surface area contributed by atoms with Crippen LogP contribution in [-0.4, -0.2) is 24.3 Å². The molecule has 0 aliphatic heterocycles. The minimum Gasteiger partial charge on any atom is -0.469 e. The number of benzene rings is 1. The SMILES string of the molecule is COC(=O)C[C@@H](O)/C=C/Cc1ccc(C)cc1. The molecule has 0 saturated heterocycles. The summed E-state index contributed by atoms with van der Waals surface area (Å²) in [7, 11) is 1.31. The smallest absolute Gasteiger partial charge is 0.308 e. The number of methoxy groups -OCH3 is 1. The first-order chi connectivity index (χ1) is 8.11. The van der Waals surface area contributed by atoms with Crippen LogP contribution in [0.3, 0.4) is 0 Å². The molecule has 0 heterocycles. The summed E-state index contributed by atoms with van der Waals surface area (Å²) in [5.41, 5.74) is 2.40. The highest BCUT2D eigenvalue weighted by Crippen LogP contribution is 2.05. The van der Waals surface area contributed by atoms with Crippen molar-refractivity contribution in [2.24, 2.45) is 0 Å².